The van der Waals surface area contributed by atoms with Gasteiger partial charge in [0.05, 0.1) is 0 Å². The smallest absolute Gasteiger partial charge is 0.254 e. The van der Waals surface area contributed by atoms with Crippen molar-refractivity contribution in [2.75, 3.05) is 13.1 Å². The van der Waals surface area contributed by atoms with Gasteiger partial charge < -0.3 is 9.88 Å². The summed E-state index contributed by atoms with van der Waals surface area (Å²) >= 11 is 0. The van der Waals surface area contributed by atoms with Gasteiger partial charge in [-0.15, -0.1) is 0 Å². The second kappa shape index (κ2) is 6.25. The van der Waals surface area contributed by atoms with Crippen molar-refractivity contribution >= 4 is 22.4 Å². The fourth-order valence-corrected chi connectivity index (χ4v) is 3.55. The monoisotopic (exact) mass is 330 g/mol. The normalized spacial score (nSPS) is 14.6. The number of H-pyrrole nitrogens is 1. The Morgan fingerprint density at radius 1 is 1.08 bits per heavy atom. The molecular weight excluding hydrogens is 308 g/mol. The van der Waals surface area contributed by atoms with E-state index in [9.17, 15) is 4.79 Å². The Labute approximate surface area is 148 Å². The van der Waals surface area contributed by atoms with E-state index >= 15 is 0 Å². The summed E-state index contributed by atoms with van der Waals surface area (Å²) < 4.78 is 0. The molecule has 0 bridgehead atoms. The van der Waals surface area contributed by atoms with Crippen LogP contribution in [0, 0.1) is 13.8 Å². The molecule has 0 saturated heterocycles. The van der Waals surface area contributed by atoms with E-state index in [-0.39, 0.29) is 5.91 Å². The Bertz CT molecular complexity index is 963. The van der Waals surface area contributed by atoms with Crippen LogP contribution in [0.2, 0.25) is 0 Å². The number of carbonyl (C=O) groups excluding carboxylic acids is 1. The highest BCUT2D eigenvalue weighted by molar-refractivity contribution is 5.96. The molecule has 3 heteroatoms. The first kappa shape index (κ1) is 15.7. The van der Waals surface area contributed by atoms with Crippen LogP contribution in [0.1, 0.15) is 33.5 Å². The van der Waals surface area contributed by atoms with Crippen molar-refractivity contribution in [1.29, 1.82) is 0 Å². The number of fused-ring (bicyclic) bond motifs is 1. The summed E-state index contributed by atoms with van der Waals surface area (Å²) in [6, 6.07) is 14.2. The Hall–Kier alpha value is -2.81. The number of para-hydroxylation sites is 1. The zero-order chi connectivity index (χ0) is 17.4. The van der Waals surface area contributed by atoms with Gasteiger partial charge in [0.2, 0.25) is 0 Å². The van der Waals surface area contributed by atoms with Crippen molar-refractivity contribution in [3.8, 4) is 0 Å². The molecule has 25 heavy (non-hydrogen) atoms. The quantitative estimate of drug-likeness (QED) is 0.725. The summed E-state index contributed by atoms with van der Waals surface area (Å²) in [5, 5.41) is 1.27. The van der Waals surface area contributed by atoms with E-state index in [4.69, 9.17) is 0 Å². The number of carbonyl (C=O) groups is 1. The minimum Gasteiger partial charge on any atom is -0.360 e. The maximum absolute atomic E-state index is 12.7. The lowest BCUT2D eigenvalue weighted by Crippen LogP contribution is -2.34. The molecule has 126 valence electrons. The fraction of sp³-hybridized carbons (Fsp3) is 0.227. The highest BCUT2D eigenvalue weighted by Gasteiger charge is 2.20. The third-order valence-electron chi connectivity index (χ3n) is 5.06. The predicted octanol–water partition coefficient (Wildman–Crippen LogP) is 4.71. The van der Waals surface area contributed by atoms with Crippen LogP contribution in [0.5, 0.6) is 0 Å². The van der Waals surface area contributed by atoms with Gasteiger partial charge in [-0.2, -0.15) is 0 Å². The van der Waals surface area contributed by atoms with Gasteiger partial charge in [0, 0.05) is 41.3 Å². The summed E-state index contributed by atoms with van der Waals surface area (Å²) in [5.74, 6) is 0.116. The largest absolute Gasteiger partial charge is 0.360 e. The first-order chi connectivity index (χ1) is 12.1. The summed E-state index contributed by atoms with van der Waals surface area (Å²) in [5.41, 5.74) is 7.00. The highest BCUT2D eigenvalue weighted by Crippen LogP contribution is 2.30. The number of aromatic amines is 1. The SMILES string of the molecule is Cc1ccc(C(=O)N2CC=C(c3c[nH]c4c(C)cccc34)CC2)cc1. The predicted molar refractivity (Wildman–Crippen MR) is 103 cm³/mol. The van der Waals surface area contributed by atoms with Crippen molar-refractivity contribution < 1.29 is 4.79 Å². The maximum atomic E-state index is 12.7. The number of aryl methyl sites for hydroxylation is 2. The summed E-state index contributed by atoms with van der Waals surface area (Å²) in [7, 11) is 0. The van der Waals surface area contributed by atoms with Gasteiger partial charge in [-0.05, 0) is 43.5 Å². The highest BCUT2D eigenvalue weighted by atomic mass is 16.2. The van der Waals surface area contributed by atoms with Gasteiger partial charge in [0.25, 0.3) is 5.91 Å². The van der Waals surface area contributed by atoms with E-state index < -0.39 is 0 Å². The van der Waals surface area contributed by atoms with Gasteiger partial charge >= 0.3 is 0 Å². The molecule has 0 atom stereocenters. The summed E-state index contributed by atoms with van der Waals surface area (Å²) in [6.45, 7) is 5.59. The van der Waals surface area contributed by atoms with E-state index in [1.807, 2.05) is 36.1 Å². The number of hydrogen-bond acceptors (Lipinski definition) is 1. The average Bonchev–Trinajstić information content (AvgIpc) is 3.07. The van der Waals surface area contributed by atoms with E-state index in [2.05, 4.69) is 42.4 Å². The number of hydrogen-bond donors (Lipinski definition) is 1. The molecule has 1 aliphatic rings. The lowest BCUT2D eigenvalue weighted by molar-refractivity contribution is 0.0773. The number of nitrogens with zero attached hydrogens (tertiary/aromatic N) is 1. The molecule has 1 aromatic heterocycles. The third-order valence-corrected chi connectivity index (χ3v) is 5.06. The van der Waals surface area contributed by atoms with Crippen molar-refractivity contribution in [2.24, 2.45) is 0 Å². The van der Waals surface area contributed by atoms with Gasteiger partial charge in [-0.1, -0.05) is 42.0 Å². The number of amides is 1. The van der Waals surface area contributed by atoms with Crippen LogP contribution >= 0.6 is 0 Å². The first-order valence-corrected chi connectivity index (χ1v) is 8.75. The van der Waals surface area contributed by atoms with Crippen molar-refractivity contribution in [1.82, 2.24) is 9.88 Å². The van der Waals surface area contributed by atoms with E-state index in [0.29, 0.717) is 6.54 Å². The molecule has 2 heterocycles. The Morgan fingerprint density at radius 3 is 2.60 bits per heavy atom. The first-order valence-electron chi connectivity index (χ1n) is 8.75. The summed E-state index contributed by atoms with van der Waals surface area (Å²) in [4.78, 5) is 18.0. The van der Waals surface area contributed by atoms with Crippen LogP contribution in [0.15, 0.2) is 54.7 Å². The molecule has 3 nitrogen and oxygen atoms in total. The van der Waals surface area contributed by atoms with E-state index in [0.717, 1.165) is 18.5 Å². The molecule has 0 saturated carbocycles. The second-order valence-electron chi connectivity index (χ2n) is 6.80. The van der Waals surface area contributed by atoms with Crippen molar-refractivity contribution in [2.45, 2.75) is 20.3 Å². The van der Waals surface area contributed by atoms with Crippen LogP contribution in [0.25, 0.3) is 16.5 Å². The number of nitrogens with one attached hydrogen (secondary N) is 1. The van der Waals surface area contributed by atoms with Crippen molar-refractivity contribution in [3.63, 3.8) is 0 Å². The second-order valence-corrected chi connectivity index (χ2v) is 6.80. The zero-order valence-electron chi connectivity index (χ0n) is 14.7. The molecule has 3 aromatic rings. The standard InChI is InChI=1S/C22H22N2O/c1-15-6-8-18(9-7-15)22(25)24-12-10-17(11-13-24)20-14-23-21-16(2)4-3-5-19(20)21/h3-10,14,23H,11-13H2,1-2H3. The van der Waals surface area contributed by atoms with Gasteiger partial charge in [-0.25, -0.2) is 0 Å². The molecule has 1 aliphatic heterocycles. The topological polar surface area (TPSA) is 36.1 Å². The lowest BCUT2D eigenvalue weighted by atomic mass is 9.98. The zero-order valence-corrected chi connectivity index (χ0v) is 14.7. The number of benzene rings is 2. The van der Waals surface area contributed by atoms with Crippen LogP contribution in [0.3, 0.4) is 0 Å². The molecule has 1 N–H and O–H groups in total. The van der Waals surface area contributed by atoms with E-state index in [1.54, 1.807) is 0 Å². The van der Waals surface area contributed by atoms with Gasteiger partial charge in [0.15, 0.2) is 0 Å². The third kappa shape index (κ3) is 2.86. The Morgan fingerprint density at radius 2 is 1.88 bits per heavy atom. The van der Waals surface area contributed by atoms with Crippen LogP contribution in [-0.4, -0.2) is 28.9 Å². The maximum Gasteiger partial charge on any atom is 0.254 e. The Kier molecular flexibility index (Phi) is 3.92. The molecule has 1 amide bonds. The molecule has 0 unspecified atom stereocenters. The molecule has 0 fully saturated rings. The fourth-order valence-electron chi connectivity index (χ4n) is 3.55. The van der Waals surface area contributed by atoms with Crippen LogP contribution < -0.4 is 0 Å². The number of aromatic nitrogens is 1. The Balaban J connectivity index is 1.56. The minimum absolute atomic E-state index is 0.116. The molecular formula is C22H22N2O. The molecule has 0 radical (unpaired) electrons. The van der Waals surface area contributed by atoms with Crippen LogP contribution in [0.4, 0.5) is 0 Å². The summed E-state index contributed by atoms with van der Waals surface area (Å²) in [6.07, 6.45) is 5.18. The minimum atomic E-state index is 0.116. The molecule has 0 spiro atoms. The molecule has 0 aliphatic carbocycles. The molecule has 4 rings (SSSR count). The average molecular weight is 330 g/mol. The number of rotatable bonds is 2. The van der Waals surface area contributed by atoms with Gasteiger partial charge in [-0.3, -0.25) is 4.79 Å². The van der Waals surface area contributed by atoms with E-state index in [1.165, 1.54) is 33.2 Å². The lowest BCUT2D eigenvalue weighted by Gasteiger charge is -2.26. The molecule has 2 aromatic carbocycles. The van der Waals surface area contributed by atoms with Gasteiger partial charge in [0.1, 0.15) is 0 Å². The van der Waals surface area contributed by atoms with Crippen molar-refractivity contribution in [3.05, 3.63) is 77.0 Å². The van der Waals surface area contributed by atoms with Crippen LogP contribution in [-0.2, 0) is 0 Å².